The summed E-state index contributed by atoms with van der Waals surface area (Å²) in [5, 5.41) is 15.6. The standard InChI is InChI=1S/C20H22F5N3O4/c1-9-14(11-5-6-12(21)15(22)16(11)31-4)17(32-19(9,2)20(23,24)25)18(30)26-13-7-10(8-29)27-28(13)3/h5-7,9,14,17,29H,8H2,1-4H3,(H,26,30)/t9-,14-,17+,19+/m0/s1. The normalized spacial score (nSPS) is 25.8. The van der Waals surface area contributed by atoms with E-state index in [1.54, 1.807) is 0 Å². The number of halogens is 5. The lowest BCUT2D eigenvalue weighted by molar-refractivity contribution is -0.272. The molecule has 4 atom stereocenters. The maximum atomic E-state index is 14.3. The van der Waals surface area contributed by atoms with Crippen LogP contribution in [0.25, 0.3) is 0 Å². The first-order valence-corrected chi connectivity index (χ1v) is 9.56. The fraction of sp³-hybridized carbons (Fsp3) is 0.500. The molecule has 1 fully saturated rings. The molecule has 176 valence electrons. The maximum absolute atomic E-state index is 14.3. The zero-order valence-corrected chi connectivity index (χ0v) is 17.6. The third-order valence-electron chi connectivity index (χ3n) is 5.91. The molecule has 1 aliphatic rings. The Morgan fingerprint density at radius 3 is 2.56 bits per heavy atom. The van der Waals surface area contributed by atoms with Crippen LogP contribution in [0, 0.1) is 17.6 Å². The highest BCUT2D eigenvalue weighted by Gasteiger charge is 2.66. The number of aryl methyl sites for hydroxylation is 1. The molecule has 1 amide bonds. The van der Waals surface area contributed by atoms with Gasteiger partial charge in [-0.1, -0.05) is 13.0 Å². The van der Waals surface area contributed by atoms with E-state index in [-0.39, 0.29) is 17.1 Å². The number of hydrogen-bond acceptors (Lipinski definition) is 5. The monoisotopic (exact) mass is 463 g/mol. The van der Waals surface area contributed by atoms with Gasteiger partial charge in [0.15, 0.2) is 17.2 Å². The van der Waals surface area contributed by atoms with E-state index in [2.05, 4.69) is 10.4 Å². The largest absolute Gasteiger partial charge is 0.493 e. The fourth-order valence-electron chi connectivity index (χ4n) is 3.96. The molecular formula is C20H22F5N3O4. The SMILES string of the molecule is COc1c([C@H]2[C@H](C(=O)Nc3cc(CO)nn3C)O[C@@](C)(C(F)(F)F)[C@H]2C)ccc(F)c1F. The van der Waals surface area contributed by atoms with E-state index in [1.807, 2.05) is 0 Å². The van der Waals surface area contributed by atoms with Crippen LogP contribution in [0.3, 0.4) is 0 Å². The van der Waals surface area contributed by atoms with Crippen LogP contribution in [-0.2, 0) is 23.2 Å². The Balaban J connectivity index is 2.08. The molecule has 3 rings (SSSR count). The van der Waals surface area contributed by atoms with Crippen molar-refractivity contribution in [2.45, 2.75) is 44.3 Å². The summed E-state index contributed by atoms with van der Waals surface area (Å²) in [6.07, 6.45) is -6.58. The number of hydrogen-bond donors (Lipinski definition) is 2. The fourth-order valence-corrected chi connectivity index (χ4v) is 3.96. The minimum absolute atomic E-state index is 0.104. The van der Waals surface area contributed by atoms with Gasteiger partial charge in [0.05, 0.1) is 19.4 Å². The summed E-state index contributed by atoms with van der Waals surface area (Å²) in [6, 6.07) is 3.18. The average Bonchev–Trinajstić information content (AvgIpc) is 3.21. The molecule has 12 heteroatoms. The summed E-state index contributed by atoms with van der Waals surface area (Å²) < 4.78 is 81.3. The number of benzene rings is 1. The van der Waals surface area contributed by atoms with Crippen molar-refractivity contribution in [3.8, 4) is 5.75 Å². The van der Waals surface area contributed by atoms with Crippen LogP contribution in [0.1, 0.15) is 31.0 Å². The van der Waals surface area contributed by atoms with Crippen LogP contribution in [0.5, 0.6) is 5.75 Å². The summed E-state index contributed by atoms with van der Waals surface area (Å²) in [5.74, 6) is -6.76. The molecule has 1 aromatic heterocycles. The lowest BCUT2D eigenvalue weighted by Gasteiger charge is -2.32. The molecule has 2 N–H and O–H groups in total. The van der Waals surface area contributed by atoms with Crippen LogP contribution < -0.4 is 10.1 Å². The Morgan fingerprint density at radius 2 is 2.03 bits per heavy atom. The third kappa shape index (κ3) is 3.81. The van der Waals surface area contributed by atoms with Crippen molar-refractivity contribution in [1.82, 2.24) is 9.78 Å². The van der Waals surface area contributed by atoms with E-state index in [0.717, 1.165) is 26.2 Å². The first-order chi connectivity index (χ1) is 14.9. The van der Waals surface area contributed by atoms with Gasteiger partial charge < -0.3 is 19.9 Å². The van der Waals surface area contributed by atoms with Gasteiger partial charge in [-0.05, 0) is 13.0 Å². The zero-order valence-electron chi connectivity index (χ0n) is 17.6. The first kappa shape index (κ1) is 23.9. The van der Waals surface area contributed by atoms with Crippen molar-refractivity contribution in [2.75, 3.05) is 12.4 Å². The van der Waals surface area contributed by atoms with Crippen LogP contribution in [0.15, 0.2) is 18.2 Å². The lowest BCUT2D eigenvalue weighted by atomic mass is 9.77. The van der Waals surface area contributed by atoms with Gasteiger partial charge in [0.25, 0.3) is 5.91 Å². The summed E-state index contributed by atoms with van der Waals surface area (Å²) in [6.45, 7) is 1.61. The number of alkyl halides is 3. The molecule has 1 aliphatic heterocycles. The number of aliphatic hydroxyl groups excluding tert-OH is 1. The van der Waals surface area contributed by atoms with Crippen LogP contribution in [-0.4, -0.2) is 45.8 Å². The van der Waals surface area contributed by atoms with E-state index in [1.165, 1.54) is 24.7 Å². The molecule has 32 heavy (non-hydrogen) atoms. The van der Waals surface area contributed by atoms with Gasteiger partial charge in [-0.25, -0.2) is 4.39 Å². The molecule has 0 aliphatic carbocycles. The van der Waals surface area contributed by atoms with Gasteiger partial charge >= 0.3 is 6.18 Å². The maximum Gasteiger partial charge on any atom is 0.417 e. The molecule has 0 saturated carbocycles. The van der Waals surface area contributed by atoms with E-state index >= 15 is 0 Å². The van der Waals surface area contributed by atoms with Crippen molar-refractivity contribution in [3.63, 3.8) is 0 Å². The zero-order chi connectivity index (χ0) is 24.0. The quantitative estimate of drug-likeness (QED) is 0.665. The number of methoxy groups -OCH3 is 1. The predicted molar refractivity (Wildman–Crippen MR) is 102 cm³/mol. The van der Waals surface area contributed by atoms with E-state index in [4.69, 9.17) is 9.47 Å². The molecule has 1 saturated heterocycles. The number of nitrogens with zero attached hydrogens (tertiary/aromatic N) is 2. The molecule has 7 nitrogen and oxygen atoms in total. The van der Waals surface area contributed by atoms with E-state index in [9.17, 15) is 31.9 Å². The molecule has 2 heterocycles. The van der Waals surface area contributed by atoms with Gasteiger partial charge in [0, 0.05) is 30.5 Å². The summed E-state index contributed by atoms with van der Waals surface area (Å²) in [7, 11) is 2.51. The Kier molecular flexibility index (Phi) is 6.22. The van der Waals surface area contributed by atoms with Crippen LogP contribution >= 0.6 is 0 Å². The number of aliphatic hydroxyl groups is 1. The predicted octanol–water partition coefficient (Wildman–Crippen LogP) is 3.28. The Hall–Kier alpha value is -2.73. The number of ether oxygens (including phenoxy) is 2. The Labute approximate surface area is 180 Å². The summed E-state index contributed by atoms with van der Waals surface area (Å²) >= 11 is 0. The van der Waals surface area contributed by atoms with Crippen LogP contribution in [0.4, 0.5) is 27.8 Å². The van der Waals surface area contributed by atoms with Gasteiger partial charge in [-0.15, -0.1) is 0 Å². The summed E-state index contributed by atoms with van der Waals surface area (Å²) in [4.78, 5) is 13.0. The topological polar surface area (TPSA) is 85.6 Å². The molecule has 2 aromatic rings. The minimum Gasteiger partial charge on any atom is -0.493 e. The highest BCUT2D eigenvalue weighted by molar-refractivity contribution is 5.94. The van der Waals surface area contributed by atoms with Crippen LogP contribution in [0.2, 0.25) is 0 Å². The number of carbonyl (C=O) groups is 1. The molecule has 0 radical (unpaired) electrons. The highest BCUT2D eigenvalue weighted by atomic mass is 19.4. The van der Waals surface area contributed by atoms with Crippen molar-refractivity contribution in [1.29, 1.82) is 0 Å². The highest BCUT2D eigenvalue weighted by Crippen LogP contribution is 2.55. The van der Waals surface area contributed by atoms with E-state index in [0.29, 0.717) is 0 Å². The number of rotatable bonds is 5. The summed E-state index contributed by atoms with van der Waals surface area (Å²) in [5.41, 5.74) is -2.66. The molecule has 0 spiro atoms. The number of carbonyl (C=O) groups excluding carboxylic acids is 1. The Morgan fingerprint density at radius 1 is 1.38 bits per heavy atom. The van der Waals surface area contributed by atoms with E-state index < -0.39 is 59.6 Å². The smallest absolute Gasteiger partial charge is 0.417 e. The van der Waals surface area contributed by atoms with Crippen molar-refractivity contribution >= 4 is 11.7 Å². The number of nitrogens with one attached hydrogen (secondary N) is 1. The van der Waals surface area contributed by atoms with Gasteiger partial charge in [0.1, 0.15) is 11.9 Å². The first-order valence-electron chi connectivity index (χ1n) is 9.56. The molecule has 1 aromatic carbocycles. The number of aromatic nitrogens is 2. The molecule has 0 unspecified atom stereocenters. The van der Waals surface area contributed by atoms with Gasteiger partial charge in [-0.2, -0.15) is 22.7 Å². The van der Waals surface area contributed by atoms with Crippen molar-refractivity contribution in [3.05, 3.63) is 41.1 Å². The second-order valence-corrected chi connectivity index (χ2v) is 7.73. The third-order valence-corrected chi connectivity index (χ3v) is 5.91. The van der Waals surface area contributed by atoms with Gasteiger partial charge in [-0.3, -0.25) is 9.48 Å². The van der Waals surface area contributed by atoms with Crippen molar-refractivity contribution in [2.24, 2.45) is 13.0 Å². The molecular weight excluding hydrogens is 441 g/mol. The van der Waals surface area contributed by atoms with Gasteiger partial charge in [0.2, 0.25) is 5.82 Å². The van der Waals surface area contributed by atoms with Crippen molar-refractivity contribution < 1.29 is 41.3 Å². The molecule has 0 bridgehead atoms. The lowest BCUT2D eigenvalue weighted by Crippen LogP contribution is -2.47. The second-order valence-electron chi connectivity index (χ2n) is 7.73. The second kappa shape index (κ2) is 8.32. The number of anilines is 1. The average molecular weight is 463 g/mol. The Bertz CT molecular complexity index is 1030. The minimum atomic E-state index is -4.86. The number of amides is 1.